The first-order valence-electron chi connectivity index (χ1n) is 13.1. The molecule has 2 aliphatic carbocycles. The van der Waals surface area contributed by atoms with E-state index in [1.165, 1.54) is 47.1 Å². The van der Waals surface area contributed by atoms with Crippen molar-refractivity contribution in [2.24, 2.45) is 0 Å². The van der Waals surface area contributed by atoms with Crippen LogP contribution in [0.5, 0.6) is 0 Å². The zero-order valence-electron chi connectivity index (χ0n) is 22.0. The molecule has 1 heterocycles. The molecule has 0 radical (unpaired) electrons. The summed E-state index contributed by atoms with van der Waals surface area (Å²) in [4.78, 5) is 4.10. The van der Waals surface area contributed by atoms with E-state index in [1.54, 1.807) is 0 Å². The summed E-state index contributed by atoms with van der Waals surface area (Å²) in [5.74, 6) is 0. The van der Waals surface area contributed by atoms with Crippen molar-refractivity contribution in [3.63, 3.8) is 0 Å². The molecule has 0 aliphatic heterocycles. The molecular formula is C33H40N2. The van der Waals surface area contributed by atoms with Gasteiger partial charge in [0.25, 0.3) is 0 Å². The van der Waals surface area contributed by atoms with Crippen LogP contribution in [0.1, 0.15) is 86.4 Å². The smallest absolute Gasteiger partial charge is 0.0627 e. The third kappa shape index (κ3) is 5.42. The Balaban J connectivity index is 0.000000308. The van der Waals surface area contributed by atoms with Crippen molar-refractivity contribution in [2.45, 2.75) is 77.2 Å². The van der Waals surface area contributed by atoms with Gasteiger partial charge in [0.15, 0.2) is 0 Å². The molecule has 0 saturated heterocycles. The standard InChI is InChI=1S/C26H31N.C7H9N/c1-6-25(14-15-25)24-9-7-8-23(19(24)4)20(5)27-26(16-17-26)22-12-10-21(11-13-22)18(2)3;1-2-7-5-3-4-6-8-7/h7-13,27H,2,5-6,14-17H2,1,3-4H3;3-6H,2H2,1H3. The van der Waals surface area contributed by atoms with Crippen LogP contribution in [-0.4, -0.2) is 4.98 Å². The second-order valence-corrected chi connectivity index (χ2v) is 10.3. The van der Waals surface area contributed by atoms with Crippen LogP contribution in [0.4, 0.5) is 0 Å². The Labute approximate surface area is 212 Å². The molecule has 2 aromatic carbocycles. The predicted octanol–water partition coefficient (Wildman–Crippen LogP) is 8.36. The molecule has 2 nitrogen and oxygen atoms in total. The SMILES string of the molecule is C=C(C)c1ccc(C2(NC(=C)c3cccc(C4(CC)CC4)c3C)CC2)cc1.CCc1ccccn1. The van der Waals surface area contributed by atoms with Gasteiger partial charge >= 0.3 is 0 Å². The Bertz CT molecular complexity index is 1180. The lowest BCUT2D eigenvalue weighted by molar-refractivity contribution is 0.629. The van der Waals surface area contributed by atoms with Gasteiger partial charge in [-0.1, -0.05) is 81.1 Å². The van der Waals surface area contributed by atoms with Gasteiger partial charge in [-0.3, -0.25) is 4.98 Å². The average Bonchev–Trinajstić information content (AvgIpc) is 3.82. The van der Waals surface area contributed by atoms with Crippen molar-refractivity contribution in [3.05, 3.63) is 114 Å². The van der Waals surface area contributed by atoms with Gasteiger partial charge in [0, 0.05) is 23.2 Å². The number of rotatable bonds is 8. The van der Waals surface area contributed by atoms with Crippen molar-refractivity contribution in [3.8, 4) is 0 Å². The molecule has 2 fully saturated rings. The molecule has 1 N–H and O–H groups in total. The molecular weight excluding hydrogens is 424 g/mol. The molecule has 3 aromatic rings. The van der Waals surface area contributed by atoms with E-state index in [-0.39, 0.29) is 5.54 Å². The number of nitrogens with zero attached hydrogens (tertiary/aromatic N) is 1. The van der Waals surface area contributed by atoms with E-state index in [4.69, 9.17) is 0 Å². The fraction of sp³-hybridized carbons (Fsp3) is 0.364. The summed E-state index contributed by atoms with van der Waals surface area (Å²) in [5.41, 5.74) is 10.6. The van der Waals surface area contributed by atoms with E-state index in [0.29, 0.717) is 5.41 Å². The van der Waals surface area contributed by atoms with E-state index < -0.39 is 0 Å². The van der Waals surface area contributed by atoms with Crippen LogP contribution in [0.2, 0.25) is 0 Å². The Kier molecular flexibility index (Phi) is 7.31. The number of hydrogen-bond donors (Lipinski definition) is 1. The summed E-state index contributed by atoms with van der Waals surface area (Å²) in [7, 11) is 0. The maximum absolute atomic E-state index is 4.43. The maximum Gasteiger partial charge on any atom is 0.0627 e. The Morgan fingerprint density at radius 2 is 1.63 bits per heavy atom. The van der Waals surface area contributed by atoms with Gasteiger partial charge in [0.2, 0.25) is 0 Å². The zero-order valence-corrected chi connectivity index (χ0v) is 22.0. The molecule has 1 aromatic heterocycles. The number of benzene rings is 2. The zero-order chi connectivity index (χ0) is 25.1. The van der Waals surface area contributed by atoms with Gasteiger partial charge in [-0.05, 0) is 92.2 Å². The van der Waals surface area contributed by atoms with E-state index >= 15 is 0 Å². The molecule has 0 atom stereocenters. The first-order valence-corrected chi connectivity index (χ1v) is 13.1. The highest BCUT2D eigenvalue weighted by molar-refractivity contribution is 5.68. The lowest BCUT2D eigenvalue weighted by Crippen LogP contribution is -2.27. The van der Waals surface area contributed by atoms with Gasteiger partial charge in [-0.15, -0.1) is 0 Å². The lowest BCUT2D eigenvalue weighted by atomic mass is 9.87. The summed E-state index contributed by atoms with van der Waals surface area (Å²) >= 11 is 0. The molecule has 35 heavy (non-hydrogen) atoms. The minimum absolute atomic E-state index is 0.0508. The van der Waals surface area contributed by atoms with Crippen molar-refractivity contribution < 1.29 is 0 Å². The largest absolute Gasteiger partial charge is 0.376 e. The highest BCUT2D eigenvalue weighted by atomic mass is 15.0. The van der Waals surface area contributed by atoms with Crippen LogP contribution in [0.25, 0.3) is 11.3 Å². The number of aryl methyl sites for hydroxylation is 1. The number of hydrogen-bond acceptors (Lipinski definition) is 2. The Morgan fingerprint density at radius 3 is 2.11 bits per heavy atom. The van der Waals surface area contributed by atoms with Gasteiger partial charge in [0.1, 0.15) is 0 Å². The van der Waals surface area contributed by atoms with E-state index in [2.05, 4.69) is 93.6 Å². The molecule has 2 saturated carbocycles. The second-order valence-electron chi connectivity index (χ2n) is 10.3. The Morgan fingerprint density at radius 1 is 0.914 bits per heavy atom. The third-order valence-electron chi connectivity index (χ3n) is 7.92. The van der Waals surface area contributed by atoms with Gasteiger partial charge in [-0.2, -0.15) is 0 Å². The third-order valence-corrected chi connectivity index (χ3v) is 7.92. The van der Waals surface area contributed by atoms with E-state index in [1.807, 2.05) is 24.4 Å². The summed E-state index contributed by atoms with van der Waals surface area (Å²) in [6.45, 7) is 17.2. The van der Waals surface area contributed by atoms with Gasteiger partial charge in [-0.25, -0.2) is 0 Å². The van der Waals surface area contributed by atoms with Gasteiger partial charge < -0.3 is 5.32 Å². The minimum atomic E-state index is 0.0508. The fourth-order valence-electron chi connectivity index (χ4n) is 5.15. The number of aromatic nitrogens is 1. The first-order chi connectivity index (χ1) is 16.8. The normalized spacial score (nSPS) is 16.5. The fourth-order valence-corrected chi connectivity index (χ4v) is 5.15. The molecule has 2 aliphatic rings. The number of nitrogens with one attached hydrogen (secondary N) is 1. The van der Waals surface area contributed by atoms with Crippen LogP contribution in [0, 0.1) is 6.92 Å². The first kappa shape index (κ1) is 25.0. The van der Waals surface area contributed by atoms with Crippen LogP contribution in [0.3, 0.4) is 0 Å². The van der Waals surface area contributed by atoms with Crippen molar-refractivity contribution in [2.75, 3.05) is 0 Å². The molecule has 2 heteroatoms. The monoisotopic (exact) mass is 464 g/mol. The van der Waals surface area contributed by atoms with Crippen LogP contribution in [-0.2, 0) is 17.4 Å². The quantitative estimate of drug-likeness (QED) is 0.362. The lowest BCUT2D eigenvalue weighted by Gasteiger charge is -2.24. The molecule has 182 valence electrons. The average molecular weight is 465 g/mol. The molecule has 0 bridgehead atoms. The summed E-state index contributed by atoms with van der Waals surface area (Å²) < 4.78 is 0. The van der Waals surface area contributed by atoms with Crippen LogP contribution >= 0.6 is 0 Å². The summed E-state index contributed by atoms with van der Waals surface area (Å²) in [6, 6.07) is 21.6. The highest BCUT2D eigenvalue weighted by Gasteiger charge is 2.45. The number of allylic oxidation sites excluding steroid dienone is 1. The minimum Gasteiger partial charge on any atom is -0.376 e. The molecule has 0 spiro atoms. The van der Waals surface area contributed by atoms with Crippen molar-refractivity contribution >= 4 is 11.3 Å². The van der Waals surface area contributed by atoms with Crippen molar-refractivity contribution in [1.82, 2.24) is 10.3 Å². The number of pyridine rings is 1. The predicted molar refractivity (Wildman–Crippen MR) is 150 cm³/mol. The topological polar surface area (TPSA) is 24.9 Å². The van der Waals surface area contributed by atoms with Gasteiger partial charge in [0.05, 0.1) is 5.54 Å². The molecule has 5 rings (SSSR count). The van der Waals surface area contributed by atoms with Crippen LogP contribution in [0.15, 0.2) is 80.0 Å². The van der Waals surface area contributed by atoms with Crippen molar-refractivity contribution in [1.29, 1.82) is 0 Å². The Hall–Kier alpha value is -3.13. The summed E-state index contributed by atoms with van der Waals surface area (Å²) in [5, 5.41) is 3.79. The molecule has 0 unspecified atom stereocenters. The maximum atomic E-state index is 4.43. The molecule has 0 amide bonds. The van der Waals surface area contributed by atoms with E-state index in [9.17, 15) is 0 Å². The highest BCUT2D eigenvalue weighted by Crippen LogP contribution is 2.53. The van der Waals surface area contributed by atoms with Crippen LogP contribution < -0.4 is 5.32 Å². The summed E-state index contributed by atoms with van der Waals surface area (Å²) in [6.07, 6.45) is 9.06. The van der Waals surface area contributed by atoms with E-state index in [0.717, 1.165) is 36.2 Å². The second kappa shape index (κ2) is 10.2.